The van der Waals surface area contributed by atoms with Gasteiger partial charge < -0.3 is 10.2 Å². The smallest absolute Gasteiger partial charge is 0.244 e. The van der Waals surface area contributed by atoms with Crippen LogP contribution in [0.1, 0.15) is 54.9 Å². The third kappa shape index (κ3) is 6.84. The van der Waals surface area contributed by atoms with Gasteiger partial charge in [-0.2, -0.15) is 0 Å². The first-order valence-electron chi connectivity index (χ1n) is 12.2. The Morgan fingerprint density at radius 3 is 2.11 bits per heavy atom. The molecule has 1 atom stereocenters. The molecule has 0 radical (unpaired) electrons. The van der Waals surface area contributed by atoms with Crippen LogP contribution in [0.5, 0.6) is 0 Å². The van der Waals surface area contributed by atoms with Crippen molar-refractivity contribution in [3.8, 4) is 0 Å². The standard InChI is InChI=1S/C27H37N3O4S/c1-19-13-15-23(16-14-19)17-29(22(4)27(32)28-24-11-6-7-12-24)25(31)18-30(35(5,33)34)26-20(2)9-8-10-21(26)3/h8-10,13-16,22,24H,6-7,11-12,17-18H2,1-5H3,(H,28,32)/t22-/m0/s1. The van der Waals surface area contributed by atoms with Gasteiger partial charge in [0.25, 0.3) is 0 Å². The number of para-hydroxylation sites is 1. The Hall–Kier alpha value is -2.87. The van der Waals surface area contributed by atoms with Gasteiger partial charge in [0, 0.05) is 12.6 Å². The molecule has 0 unspecified atom stereocenters. The molecule has 0 aliphatic heterocycles. The number of hydrogen-bond acceptors (Lipinski definition) is 4. The molecule has 0 saturated heterocycles. The van der Waals surface area contributed by atoms with Crippen LogP contribution >= 0.6 is 0 Å². The van der Waals surface area contributed by atoms with Crippen molar-refractivity contribution in [1.29, 1.82) is 0 Å². The fourth-order valence-corrected chi connectivity index (χ4v) is 5.60. The lowest BCUT2D eigenvalue weighted by Gasteiger charge is -2.33. The number of anilines is 1. The lowest BCUT2D eigenvalue weighted by molar-refractivity contribution is -0.139. The first kappa shape index (κ1) is 26.7. The maximum atomic E-state index is 13.7. The number of sulfonamides is 1. The predicted molar refractivity (Wildman–Crippen MR) is 140 cm³/mol. The van der Waals surface area contributed by atoms with E-state index in [0.717, 1.165) is 58.5 Å². The van der Waals surface area contributed by atoms with E-state index in [1.54, 1.807) is 6.92 Å². The second-order valence-electron chi connectivity index (χ2n) is 9.68. The molecule has 190 valence electrons. The van der Waals surface area contributed by atoms with Crippen LogP contribution in [-0.4, -0.2) is 50.0 Å². The summed E-state index contributed by atoms with van der Waals surface area (Å²) in [5, 5.41) is 3.08. The van der Waals surface area contributed by atoms with Crippen LogP contribution in [0, 0.1) is 20.8 Å². The van der Waals surface area contributed by atoms with E-state index in [4.69, 9.17) is 0 Å². The minimum atomic E-state index is -3.75. The lowest BCUT2D eigenvalue weighted by atomic mass is 10.1. The molecule has 2 aromatic carbocycles. The van der Waals surface area contributed by atoms with Gasteiger partial charge >= 0.3 is 0 Å². The number of rotatable bonds is 9. The molecule has 1 N–H and O–H groups in total. The first-order chi connectivity index (χ1) is 16.5. The number of benzene rings is 2. The molecule has 0 heterocycles. The maximum Gasteiger partial charge on any atom is 0.244 e. The van der Waals surface area contributed by atoms with Crippen LogP contribution in [0.4, 0.5) is 5.69 Å². The highest BCUT2D eigenvalue weighted by atomic mass is 32.2. The number of amides is 2. The Morgan fingerprint density at radius 1 is 1.00 bits per heavy atom. The molecule has 2 aromatic rings. The summed E-state index contributed by atoms with van der Waals surface area (Å²) in [6, 6.07) is 12.7. The Balaban J connectivity index is 1.91. The van der Waals surface area contributed by atoms with Crippen molar-refractivity contribution in [2.75, 3.05) is 17.1 Å². The molecule has 1 fully saturated rings. The quantitative estimate of drug-likeness (QED) is 0.568. The van der Waals surface area contributed by atoms with Crippen molar-refractivity contribution < 1.29 is 18.0 Å². The van der Waals surface area contributed by atoms with Gasteiger partial charge in [0.15, 0.2) is 0 Å². The summed E-state index contributed by atoms with van der Waals surface area (Å²) in [5.74, 6) is -0.636. The van der Waals surface area contributed by atoms with Crippen molar-refractivity contribution in [3.05, 3.63) is 64.7 Å². The van der Waals surface area contributed by atoms with Gasteiger partial charge in [-0.15, -0.1) is 0 Å². The fraction of sp³-hybridized carbons (Fsp3) is 0.481. The second-order valence-corrected chi connectivity index (χ2v) is 11.6. The van der Waals surface area contributed by atoms with E-state index in [-0.39, 0.29) is 25.0 Å². The minimum absolute atomic E-state index is 0.128. The number of nitrogens with zero attached hydrogens (tertiary/aromatic N) is 2. The molecule has 1 saturated carbocycles. The van der Waals surface area contributed by atoms with Crippen LogP contribution in [0.2, 0.25) is 0 Å². The molecule has 1 aliphatic rings. The monoisotopic (exact) mass is 499 g/mol. The van der Waals surface area contributed by atoms with Gasteiger partial charge in [0.1, 0.15) is 12.6 Å². The lowest BCUT2D eigenvalue weighted by Crippen LogP contribution is -2.52. The maximum absolute atomic E-state index is 13.7. The first-order valence-corrected chi connectivity index (χ1v) is 14.0. The number of aryl methyl sites for hydroxylation is 3. The number of nitrogens with one attached hydrogen (secondary N) is 1. The Bertz CT molecular complexity index is 1140. The molecule has 0 spiro atoms. The summed E-state index contributed by atoms with van der Waals surface area (Å²) in [5.41, 5.74) is 4.00. The molecule has 2 amide bonds. The molecule has 35 heavy (non-hydrogen) atoms. The largest absolute Gasteiger partial charge is 0.352 e. The van der Waals surface area contributed by atoms with E-state index >= 15 is 0 Å². The van der Waals surface area contributed by atoms with Gasteiger partial charge in [0.05, 0.1) is 11.9 Å². The molecule has 0 bridgehead atoms. The van der Waals surface area contributed by atoms with Gasteiger partial charge in [-0.3, -0.25) is 13.9 Å². The van der Waals surface area contributed by atoms with Crippen LogP contribution in [0.25, 0.3) is 0 Å². The molecular weight excluding hydrogens is 462 g/mol. The van der Waals surface area contributed by atoms with E-state index in [0.29, 0.717) is 5.69 Å². The van der Waals surface area contributed by atoms with E-state index in [1.807, 2.05) is 63.2 Å². The topological polar surface area (TPSA) is 86.8 Å². The van der Waals surface area contributed by atoms with Crippen molar-refractivity contribution >= 4 is 27.5 Å². The molecule has 7 nitrogen and oxygen atoms in total. The van der Waals surface area contributed by atoms with Gasteiger partial charge in [-0.25, -0.2) is 8.42 Å². The van der Waals surface area contributed by atoms with E-state index in [9.17, 15) is 18.0 Å². The number of carbonyl (C=O) groups is 2. The minimum Gasteiger partial charge on any atom is -0.352 e. The van der Waals surface area contributed by atoms with Crippen molar-refractivity contribution in [2.45, 2.75) is 72.0 Å². The molecule has 8 heteroatoms. The third-order valence-corrected chi connectivity index (χ3v) is 7.82. The van der Waals surface area contributed by atoms with Crippen LogP contribution < -0.4 is 9.62 Å². The van der Waals surface area contributed by atoms with Crippen LogP contribution in [0.15, 0.2) is 42.5 Å². The summed E-state index contributed by atoms with van der Waals surface area (Å²) in [7, 11) is -3.75. The van der Waals surface area contributed by atoms with Gasteiger partial charge in [0.2, 0.25) is 21.8 Å². The summed E-state index contributed by atoms with van der Waals surface area (Å²) < 4.78 is 26.8. The zero-order chi connectivity index (χ0) is 25.8. The van der Waals surface area contributed by atoms with Crippen LogP contribution in [-0.2, 0) is 26.2 Å². The zero-order valence-corrected chi connectivity index (χ0v) is 22.2. The highest BCUT2D eigenvalue weighted by Gasteiger charge is 2.32. The Kier molecular flexibility index (Phi) is 8.59. The van der Waals surface area contributed by atoms with E-state index in [2.05, 4.69) is 5.32 Å². The normalized spacial score (nSPS) is 15.0. The molecular formula is C27H37N3O4S. The fourth-order valence-electron chi connectivity index (χ4n) is 4.64. The summed E-state index contributed by atoms with van der Waals surface area (Å²) in [6.07, 6.45) is 5.17. The highest BCUT2D eigenvalue weighted by Crippen LogP contribution is 2.27. The number of carbonyl (C=O) groups excluding carboxylic acids is 2. The van der Waals surface area contributed by atoms with Crippen LogP contribution in [0.3, 0.4) is 0 Å². The average Bonchev–Trinajstić information content (AvgIpc) is 3.29. The Morgan fingerprint density at radius 2 is 1.57 bits per heavy atom. The van der Waals surface area contributed by atoms with E-state index in [1.165, 1.54) is 4.90 Å². The average molecular weight is 500 g/mol. The second kappa shape index (κ2) is 11.2. The zero-order valence-electron chi connectivity index (χ0n) is 21.4. The predicted octanol–water partition coefficient (Wildman–Crippen LogP) is 3.85. The summed E-state index contributed by atoms with van der Waals surface area (Å²) in [6.45, 7) is 7.18. The summed E-state index contributed by atoms with van der Waals surface area (Å²) >= 11 is 0. The van der Waals surface area contributed by atoms with Gasteiger partial charge in [-0.1, -0.05) is 60.9 Å². The SMILES string of the molecule is Cc1ccc(CN(C(=O)CN(c2c(C)cccc2C)S(C)(=O)=O)[C@@H](C)C(=O)NC2CCCC2)cc1. The Labute approximate surface area is 209 Å². The van der Waals surface area contributed by atoms with E-state index < -0.39 is 22.0 Å². The third-order valence-electron chi connectivity index (χ3n) is 6.71. The van der Waals surface area contributed by atoms with Gasteiger partial charge in [-0.05, 0) is 57.2 Å². The molecule has 1 aliphatic carbocycles. The van der Waals surface area contributed by atoms with Crippen molar-refractivity contribution in [2.24, 2.45) is 0 Å². The summed E-state index contributed by atoms with van der Waals surface area (Å²) in [4.78, 5) is 28.3. The van der Waals surface area contributed by atoms with Crippen molar-refractivity contribution in [3.63, 3.8) is 0 Å². The van der Waals surface area contributed by atoms with Crippen molar-refractivity contribution in [1.82, 2.24) is 10.2 Å². The molecule has 0 aromatic heterocycles. The molecule has 3 rings (SSSR count). The highest BCUT2D eigenvalue weighted by molar-refractivity contribution is 7.92. The number of hydrogen-bond donors (Lipinski definition) is 1.